The first-order valence-corrected chi connectivity index (χ1v) is 10.4. The van der Waals surface area contributed by atoms with Gasteiger partial charge in [0.2, 0.25) is 5.91 Å². The van der Waals surface area contributed by atoms with Gasteiger partial charge in [0.1, 0.15) is 0 Å². The largest absolute Gasteiger partial charge is 0.352 e. The summed E-state index contributed by atoms with van der Waals surface area (Å²) in [4.78, 5) is 29.6. The van der Waals surface area contributed by atoms with Gasteiger partial charge in [0.15, 0.2) is 5.16 Å². The monoisotopic (exact) mass is 383 g/mol. The van der Waals surface area contributed by atoms with Crippen molar-refractivity contribution in [2.45, 2.75) is 43.8 Å². The Morgan fingerprint density at radius 1 is 1.33 bits per heavy atom. The van der Waals surface area contributed by atoms with E-state index in [1.807, 2.05) is 24.3 Å². The van der Waals surface area contributed by atoms with Gasteiger partial charge in [-0.1, -0.05) is 41.6 Å². The van der Waals surface area contributed by atoms with Crippen LogP contribution in [0.1, 0.15) is 32.1 Å². The number of thioether (sulfide) groups is 1. The summed E-state index contributed by atoms with van der Waals surface area (Å²) < 4.78 is 1.73. The molecule has 1 N–H and O–H groups in total. The van der Waals surface area contributed by atoms with Crippen molar-refractivity contribution in [2.24, 2.45) is 0 Å². The number of carbonyl (C=O) groups is 1. The standard InChI is InChI=1S/C21H25N3O2S/c1-2-13-22-19(25)15-27-21-23-18-11-7-6-10-17(18)20(26)24(21)14-12-16-8-4-3-5-9-16/h2,6-8,10-11H,1,3-5,9,12-15H2,(H,22,25). The summed E-state index contributed by atoms with van der Waals surface area (Å²) >= 11 is 1.31. The lowest BCUT2D eigenvalue weighted by Gasteiger charge is -2.16. The van der Waals surface area contributed by atoms with Crippen molar-refractivity contribution in [3.63, 3.8) is 0 Å². The maximum Gasteiger partial charge on any atom is 0.262 e. The van der Waals surface area contributed by atoms with Gasteiger partial charge in [-0.05, 0) is 44.2 Å². The third-order valence-electron chi connectivity index (χ3n) is 4.64. The predicted molar refractivity (Wildman–Crippen MR) is 111 cm³/mol. The Balaban J connectivity index is 1.84. The first-order valence-electron chi connectivity index (χ1n) is 9.37. The fraction of sp³-hybridized carbons (Fsp3) is 0.381. The highest BCUT2D eigenvalue weighted by Gasteiger charge is 2.14. The van der Waals surface area contributed by atoms with Crippen molar-refractivity contribution < 1.29 is 4.79 Å². The fourth-order valence-electron chi connectivity index (χ4n) is 3.21. The zero-order valence-electron chi connectivity index (χ0n) is 15.4. The number of allylic oxidation sites excluding steroid dienone is 2. The highest BCUT2D eigenvalue weighted by atomic mass is 32.2. The minimum atomic E-state index is -0.0937. The molecule has 1 aliphatic carbocycles. The van der Waals surface area contributed by atoms with Crippen LogP contribution >= 0.6 is 11.8 Å². The molecular weight excluding hydrogens is 358 g/mol. The Morgan fingerprint density at radius 2 is 2.19 bits per heavy atom. The van der Waals surface area contributed by atoms with Crippen molar-refractivity contribution in [1.82, 2.24) is 14.9 Å². The molecule has 0 spiro atoms. The van der Waals surface area contributed by atoms with Crippen LogP contribution in [0.15, 0.2) is 58.5 Å². The maximum atomic E-state index is 13.0. The second-order valence-corrected chi connectivity index (χ2v) is 7.55. The van der Waals surface area contributed by atoms with Gasteiger partial charge in [-0.15, -0.1) is 6.58 Å². The van der Waals surface area contributed by atoms with E-state index < -0.39 is 0 Å². The fourth-order valence-corrected chi connectivity index (χ4v) is 4.06. The van der Waals surface area contributed by atoms with Gasteiger partial charge in [0, 0.05) is 13.1 Å². The normalized spacial score (nSPS) is 14.0. The van der Waals surface area contributed by atoms with E-state index in [2.05, 4.69) is 23.0 Å². The molecule has 1 aromatic carbocycles. The first-order chi connectivity index (χ1) is 13.2. The first kappa shape index (κ1) is 19.4. The number of aromatic nitrogens is 2. The lowest BCUT2D eigenvalue weighted by molar-refractivity contribution is -0.118. The van der Waals surface area contributed by atoms with Crippen LogP contribution < -0.4 is 10.9 Å². The van der Waals surface area contributed by atoms with Crippen LogP contribution in [0.3, 0.4) is 0 Å². The Labute approximate surface area is 163 Å². The van der Waals surface area contributed by atoms with Gasteiger partial charge in [0.25, 0.3) is 5.56 Å². The van der Waals surface area contributed by atoms with Crippen LogP contribution in [-0.2, 0) is 11.3 Å². The summed E-state index contributed by atoms with van der Waals surface area (Å²) in [5, 5.41) is 3.98. The zero-order chi connectivity index (χ0) is 19.1. The van der Waals surface area contributed by atoms with Crippen LogP contribution in [0.4, 0.5) is 0 Å². The van der Waals surface area contributed by atoms with Crippen LogP contribution in [0.25, 0.3) is 10.9 Å². The average Bonchev–Trinajstić information content (AvgIpc) is 2.71. The van der Waals surface area contributed by atoms with Crippen LogP contribution in [0, 0.1) is 0 Å². The molecule has 0 saturated heterocycles. The molecule has 0 saturated carbocycles. The van der Waals surface area contributed by atoms with Crippen molar-refractivity contribution in [3.8, 4) is 0 Å². The lowest BCUT2D eigenvalue weighted by Crippen LogP contribution is -2.27. The molecule has 142 valence electrons. The van der Waals surface area contributed by atoms with Gasteiger partial charge < -0.3 is 5.32 Å². The van der Waals surface area contributed by atoms with Gasteiger partial charge in [0.05, 0.1) is 16.7 Å². The molecule has 0 atom stereocenters. The zero-order valence-corrected chi connectivity index (χ0v) is 16.3. The van der Waals surface area contributed by atoms with E-state index in [4.69, 9.17) is 0 Å². The van der Waals surface area contributed by atoms with Gasteiger partial charge >= 0.3 is 0 Å². The Morgan fingerprint density at radius 3 is 2.96 bits per heavy atom. The van der Waals surface area contributed by atoms with Crippen molar-refractivity contribution >= 4 is 28.6 Å². The van der Waals surface area contributed by atoms with Crippen molar-refractivity contribution in [3.05, 3.63) is 58.9 Å². The molecule has 0 aliphatic heterocycles. The van der Waals surface area contributed by atoms with Crippen molar-refractivity contribution in [2.75, 3.05) is 12.3 Å². The number of para-hydroxylation sites is 1. The number of benzene rings is 1. The number of carbonyl (C=O) groups excluding carboxylic acids is 1. The smallest absolute Gasteiger partial charge is 0.262 e. The SMILES string of the molecule is C=CCNC(=O)CSc1nc2ccccc2c(=O)n1CCC1=CCCCC1. The summed E-state index contributed by atoms with van der Waals surface area (Å²) in [5.74, 6) is 0.130. The number of rotatable bonds is 8. The maximum absolute atomic E-state index is 13.0. The van der Waals surface area contributed by atoms with Crippen molar-refractivity contribution in [1.29, 1.82) is 0 Å². The molecule has 0 radical (unpaired) electrons. The average molecular weight is 384 g/mol. The number of hydrogen-bond acceptors (Lipinski definition) is 4. The summed E-state index contributed by atoms with van der Waals surface area (Å²) in [5.41, 5.74) is 2.05. The van der Waals surface area contributed by atoms with Gasteiger partial charge in [-0.3, -0.25) is 14.2 Å². The van der Waals surface area contributed by atoms with Crippen LogP contribution in [-0.4, -0.2) is 27.8 Å². The molecule has 0 unspecified atom stereocenters. The third-order valence-corrected chi connectivity index (χ3v) is 5.62. The summed E-state index contributed by atoms with van der Waals surface area (Å²) in [6, 6.07) is 7.38. The molecule has 0 fully saturated rings. The Bertz CT molecular complexity index is 917. The molecule has 6 heteroatoms. The van der Waals surface area contributed by atoms with E-state index in [1.165, 1.54) is 30.2 Å². The number of amides is 1. The topological polar surface area (TPSA) is 64.0 Å². The molecule has 1 heterocycles. The van der Waals surface area contributed by atoms with E-state index in [-0.39, 0.29) is 17.2 Å². The molecule has 5 nitrogen and oxygen atoms in total. The summed E-state index contributed by atoms with van der Waals surface area (Å²) in [7, 11) is 0. The number of nitrogens with one attached hydrogen (secondary N) is 1. The molecule has 27 heavy (non-hydrogen) atoms. The highest BCUT2D eigenvalue weighted by molar-refractivity contribution is 7.99. The van der Waals surface area contributed by atoms with E-state index in [9.17, 15) is 9.59 Å². The highest BCUT2D eigenvalue weighted by Crippen LogP contribution is 2.22. The molecular formula is C21H25N3O2S. The molecule has 1 aromatic heterocycles. The van der Waals surface area contributed by atoms with E-state index in [0.717, 1.165) is 19.3 Å². The second kappa shape index (κ2) is 9.55. The van der Waals surface area contributed by atoms with E-state index >= 15 is 0 Å². The lowest BCUT2D eigenvalue weighted by atomic mass is 9.97. The molecule has 1 aliphatic rings. The predicted octanol–water partition coefficient (Wildman–Crippen LogP) is 3.68. The number of fused-ring (bicyclic) bond motifs is 1. The second-order valence-electron chi connectivity index (χ2n) is 6.61. The van der Waals surface area contributed by atoms with Crippen LogP contribution in [0.5, 0.6) is 0 Å². The van der Waals surface area contributed by atoms with Crippen LogP contribution in [0.2, 0.25) is 0 Å². The van der Waals surface area contributed by atoms with Gasteiger partial charge in [-0.2, -0.15) is 0 Å². The molecule has 2 aromatic rings. The quantitative estimate of drug-likeness (QED) is 0.429. The number of hydrogen-bond donors (Lipinski definition) is 1. The number of nitrogens with zero attached hydrogens (tertiary/aromatic N) is 2. The third kappa shape index (κ3) is 5.10. The Kier molecular flexibility index (Phi) is 6.87. The summed E-state index contributed by atoms with van der Waals surface area (Å²) in [6.45, 7) is 4.63. The molecule has 3 rings (SSSR count). The minimum Gasteiger partial charge on any atom is -0.352 e. The van der Waals surface area contributed by atoms with Gasteiger partial charge in [-0.25, -0.2) is 4.98 Å². The molecule has 0 bridgehead atoms. The molecule has 1 amide bonds. The van der Waals surface area contributed by atoms with E-state index in [0.29, 0.717) is 29.1 Å². The Hall–Kier alpha value is -2.34. The minimum absolute atomic E-state index is 0.0361. The summed E-state index contributed by atoms with van der Waals surface area (Å²) in [6.07, 6.45) is 9.52. The van der Waals surface area contributed by atoms with E-state index in [1.54, 1.807) is 10.6 Å².